The topological polar surface area (TPSA) is 110 Å². The number of hydroxylamine groups is 1. The smallest absolute Gasteiger partial charge is 0.297 e. The molecular formula is C18H19ClN8O2. The number of nitrogens with one attached hydrogen (secondary N) is 2. The number of benzene rings is 1. The van der Waals surface area contributed by atoms with Gasteiger partial charge in [0.15, 0.2) is 16.7 Å². The molecule has 0 saturated heterocycles. The minimum atomic E-state index is -0.542. The molecule has 4 rings (SSSR count). The Morgan fingerprint density at radius 2 is 2.07 bits per heavy atom. The monoisotopic (exact) mass is 414 g/mol. The Morgan fingerprint density at radius 3 is 2.83 bits per heavy atom. The number of carbonyl (C=O) groups excluding carboxylic acids is 1. The van der Waals surface area contributed by atoms with Crippen LogP contribution in [0, 0.1) is 6.92 Å². The van der Waals surface area contributed by atoms with Gasteiger partial charge in [-0.05, 0) is 26.0 Å². The molecule has 0 radical (unpaired) electrons. The molecule has 11 heteroatoms. The Labute approximate surface area is 171 Å². The standard InChI is InChI=1S/C18H19ClN8O2/c1-9-17-20-10(2)24-27(17)13-7-5-6-11(16(13)26(9)3)21-12-8-14(19)22-23-15(12)18(28)25-29-4/h5-9H,1-4H3,(H,21,22)(H,25,28). The van der Waals surface area contributed by atoms with Crippen LogP contribution in [-0.4, -0.2) is 45.0 Å². The van der Waals surface area contributed by atoms with Gasteiger partial charge in [0.25, 0.3) is 5.91 Å². The molecule has 3 aromatic rings. The first-order valence-electron chi connectivity index (χ1n) is 8.84. The lowest BCUT2D eigenvalue weighted by Crippen LogP contribution is -2.31. The first-order valence-corrected chi connectivity index (χ1v) is 9.22. The largest absolute Gasteiger partial charge is 0.361 e. The third kappa shape index (κ3) is 3.26. The summed E-state index contributed by atoms with van der Waals surface area (Å²) in [5.74, 6) is 1.03. The molecule has 0 spiro atoms. The van der Waals surface area contributed by atoms with E-state index in [1.54, 1.807) is 0 Å². The minimum absolute atomic E-state index is 0.00191. The molecule has 1 unspecified atom stereocenters. The molecular weight excluding hydrogens is 396 g/mol. The van der Waals surface area contributed by atoms with Crippen LogP contribution in [0.5, 0.6) is 0 Å². The molecule has 2 aromatic heterocycles. The van der Waals surface area contributed by atoms with Crippen molar-refractivity contribution in [1.29, 1.82) is 0 Å². The van der Waals surface area contributed by atoms with Crippen molar-refractivity contribution in [2.24, 2.45) is 0 Å². The summed E-state index contributed by atoms with van der Waals surface area (Å²) in [6, 6.07) is 7.31. The fourth-order valence-electron chi connectivity index (χ4n) is 3.34. The summed E-state index contributed by atoms with van der Waals surface area (Å²) in [6.45, 7) is 3.92. The number of rotatable bonds is 4. The summed E-state index contributed by atoms with van der Waals surface area (Å²) >= 11 is 6.02. The number of para-hydroxylation sites is 1. The second-order valence-electron chi connectivity index (χ2n) is 6.58. The Balaban J connectivity index is 1.82. The van der Waals surface area contributed by atoms with Gasteiger partial charge in [0.1, 0.15) is 5.82 Å². The Morgan fingerprint density at radius 1 is 1.28 bits per heavy atom. The van der Waals surface area contributed by atoms with Crippen molar-refractivity contribution in [2.45, 2.75) is 19.9 Å². The molecule has 1 aromatic carbocycles. The first kappa shape index (κ1) is 19.1. The van der Waals surface area contributed by atoms with Gasteiger partial charge in [-0.3, -0.25) is 9.63 Å². The third-order valence-corrected chi connectivity index (χ3v) is 4.92. The maximum atomic E-state index is 12.3. The summed E-state index contributed by atoms with van der Waals surface area (Å²) in [5, 5.41) is 15.6. The van der Waals surface area contributed by atoms with Crippen LogP contribution in [0.1, 0.15) is 35.1 Å². The molecule has 2 N–H and O–H groups in total. The summed E-state index contributed by atoms with van der Waals surface area (Å²) in [5.41, 5.74) is 5.23. The normalized spacial score (nSPS) is 14.9. The van der Waals surface area contributed by atoms with Crippen molar-refractivity contribution in [3.05, 3.63) is 46.8 Å². The molecule has 0 saturated carbocycles. The molecule has 150 valence electrons. The van der Waals surface area contributed by atoms with Gasteiger partial charge in [-0.2, -0.15) is 5.10 Å². The minimum Gasteiger partial charge on any atom is -0.361 e. The fraction of sp³-hybridized carbons (Fsp3) is 0.278. The Hall–Kier alpha value is -3.24. The van der Waals surface area contributed by atoms with E-state index >= 15 is 0 Å². The van der Waals surface area contributed by atoms with Gasteiger partial charge < -0.3 is 10.2 Å². The average molecular weight is 415 g/mol. The molecule has 1 atom stereocenters. The molecule has 29 heavy (non-hydrogen) atoms. The maximum Gasteiger partial charge on any atom is 0.297 e. The van der Waals surface area contributed by atoms with Crippen molar-refractivity contribution >= 4 is 34.6 Å². The number of hydrogen-bond acceptors (Lipinski definition) is 8. The zero-order chi connectivity index (χ0) is 20.7. The lowest BCUT2D eigenvalue weighted by molar-refractivity contribution is 0.0532. The highest BCUT2D eigenvalue weighted by molar-refractivity contribution is 6.29. The third-order valence-electron chi connectivity index (χ3n) is 4.73. The number of anilines is 3. The second-order valence-corrected chi connectivity index (χ2v) is 6.97. The number of carbonyl (C=O) groups is 1. The fourth-order valence-corrected chi connectivity index (χ4v) is 3.48. The summed E-state index contributed by atoms with van der Waals surface area (Å²) in [4.78, 5) is 23.6. The summed E-state index contributed by atoms with van der Waals surface area (Å²) < 4.78 is 1.84. The number of halogens is 1. The van der Waals surface area contributed by atoms with E-state index in [1.165, 1.54) is 13.2 Å². The van der Waals surface area contributed by atoms with Crippen LogP contribution < -0.4 is 15.7 Å². The maximum absolute atomic E-state index is 12.3. The number of amides is 1. The Kier molecular flexibility index (Phi) is 4.81. The molecule has 1 amide bonds. The van der Waals surface area contributed by atoms with Crippen molar-refractivity contribution in [1.82, 2.24) is 30.4 Å². The molecule has 0 bridgehead atoms. The molecule has 0 fully saturated rings. The van der Waals surface area contributed by atoms with Gasteiger partial charge >= 0.3 is 0 Å². The van der Waals surface area contributed by atoms with Gasteiger partial charge in [0, 0.05) is 13.1 Å². The summed E-state index contributed by atoms with van der Waals surface area (Å²) in [7, 11) is 3.33. The van der Waals surface area contributed by atoms with E-state index in [-0.39, 0.29) is 16.9 Å². The van der Waals surface area contributed by atoms with Crippen LogP contribution in [0.4, 0.5) is 17.1 Å². The Bertz CT molecular complexity index is 1100. The van der Waals surface area contributed by atoms with Gasteiger partial charge in [0.05, 0.1) is 35.9 Å². The van der Waals surface area contributed by atoms with E-state index in [1.807, 2.05) is 36.9 Å². The molecule has 10 nitrogen and oxygen atoms in total. The SMILES string of the molecule is CONC(=O)c1nnc(Cl)cc1Nc1cccc2c1N(C)C(C)c1nc(C)nn1-2. The second kappa shape index (κ2) is 7.30. The van der Waals surface area contributed by atoms with Crippen molar-refractivity contribution in [3.8, 4) is 5.69 Å². The number of hydrogen-bond donors (Lipinski definition) is 2. The molecule has 3 heterocycles. The lowest BCUT2D eigenvalue weighted by Gasteiger charge is -2.34. The number of nitrogens with zero attached hydrogens (tertiary/aromatic N) is 6. The van der Waals surface area contributed by atoms with Crippen LogP contribution in [0.25, 0.3) is 5.69 Å². The van der Waals surface area contributed by atoms with Crippen molar-refractivity contribution in [3.63, 3.8) is 0 Å². The highest BCUT2D eigenvalue weighted by Crippen LogP contribution is 2.42. The first-order chi connectivity index (χ1) is 13.9. The number of fused-ring (bicyclic) bond motifs is 3. The molecule has 1 aliphatic rings. The van der Waals surface area contributed by atoms with Crippen LogP contribution in [0.3, 0.4) is 0 Å². The summed E-state index contributed by atoms with van der Waals surface area (Å²) in [6.07, 6.45) is 0. The zero-order valence-electron chi connectivity index (χ0n) is 16.3. The van der Waals surface area contributed by atoms with E-state index in [0.29, 0.717) is 11.5 Å². The number of aryl methyl sites for hydroxylation is 1. The predicted molar refractivity (Wildman–Crippen MR) is 108 cm³/mol. The van der Waals surface area contributed by atoms with Crippen molar-refractivity contribution in [2.75, 3.05) is 24.4 Å². The van der Waals surface area contributed by atoms with Gasteiger partial charge in [-0.25, -0.2) is 15.1 Å². The van der Waals surface area contributed by atoms with Gasteiger partial charge in [-0.15, -0.1) is 10.2 Å². The molecule has 0 aliphatic carbocycles. The van der Waals surface area contributed by atoms with E-state index in [4.69, 9.17) is 16.4 Å². The molecule has 1 aliphatic heterocycles. The average Bonchev–Trinajstić information content (AvgIpc) is 3.08. The number of aromatic nitrogens is 5. The lowest BCUT2D eigenvalue weighted by atomic mass is 10.1. The van der Waals surface area contributed by atoms with E-state index in [2.05, 4.69) is 42.9 Å². The highest BCUT2D eigenvalue weighted by Gasteiger charge is 2.31. The van der Waals surface area contributed by atoms with E-state index in [9.17, 15) is 4.79 Å². The van der Waals surface area contributed by atoms with E-state index in [0.717, 1.165) is 22.9 Å². The highest BCUT2D eigenvalue weighted by atomic mass is 35.5. The van der Waals surface area contributed by atoms with Crippen molar-refractivity contribution < 1.29 is 9.63 Å². The van der Waals surface area contributed by atoms with Gasteiger partial charge in [0.2, 0.25) is 0 Å². The van der Waals surface area contributed by atoms with Crippen LogP contribution in [0.15, 0.2) is 24.3 Å². The zero-order valence-corrected chi connectivity index (χ0v) is 17.0. The quantitative estimate of drug-likeness (QED) is 0.627. The van der Waals surface area contributed by atoms with Crippen LogP contribution >= 0.6 is 11.6 Å². The van der Waals surface area contributed by atoms with Crippen LogP contribution in [0.2, 0.25) is 5.15 Å². The predicted octanol–water partition coefficient (Wildman–Crippen LogP) is 2.56. The van der Waals surface area contributed by atoms with E-state index < -0.39 is 5.91 Å². The van der Waals surface area contributed by atoms with Crippen LogP contribution in [-0.2, 0) is 4.84 Å². The van der Waals surface area contributed by atoms with Gasteiger partial charge in [-0.1, -0.05) is 17.7 Å².